The molecule has 33 heavy (non-hydrogen) atoms. The average Bonchev–Trinajstić information content (AvgIpc) is 2.84. The van der Waals surface area contributed by atoms with E-state index in [4.69, 9.17) is 11.6 Å². The van der Waals surface area contributed by atoms with Crippen LogP contribution in [0.15, 0.2) is 47.3 Å². The molecular formula is C28H31ClN2O2. The fraction of sp³-hybridized carbons (Fsp3) is 0.464. The maximum atomic E-state index is 13.1. The molecule has 0 N–H and O–H groups in total. The molecule has 0 aliphatic heterocycles. The second-order valence-electron chi connectivity index (χ2n) is 10.2. The first kappa shape index (κ1) is 22.3. The Morgan fingerprint density at radius 3 is 2.52 bits per heavy atom. The summed E-state index contributed by atoms with van der Waals surface area (Å²) < 4.78 is 2.16. The molecule has 2 saturated carbocycles. The van der Waals surface area contributed by atoms with Crippen LogP contribution in [0.4, 0.5) is 0 Å². The molecule has 4 nitrogen and oxygen atoms in total. The summed E-state index contributed by atoms with van der Waals surface area (Å²) in [6.07, 6.45) is 10.9. The fourth-order valence-corrected chi connectivity index (χ4v) is 6.25. The highest BCUT2D eigenvalue weighted by Gasteiger charge is 2.34. The van der Waals surface area contributed by atoms with Crippen LogP contribution >= 0.6 is 11.6 Å². The van der Waals surface area contributed by atoms with E-state index in [0.717, 1.165) is 74.7 Å². The molecule has 1 aromatic heterocycles. The van der Waals surface area contributed by atoms with Crippen molar-refractivity contribution in [3.05, 3.63) is 69.2 Å². The van der Waals surface area contributed by atoms with E-state index in [0.29, 0.717) is 16.3 Å². The van der Waals surface area contributed by atoms with Gasteiger partial charge >= 0.3 is 0 Å². The maximum Gasteiger partial charge on any atom is 0.282 e. The SMILES string of the molecule is CC1(c2nc(=O)c3c(Cl)cccc3n2-c2ccc(C3CCCC(C=O)C3)cc2)CCCCC1. The van der Waals surface area contributed by atoms with Crippen LogP contribution < -0.4 is 5.56 Å². The Morgan fingerprint density at radius 2 is 1.79 bits per heavy atom. The topological polar surface area (TPSA) is 52.0 Å². The van der Waals surface area contributed by atoms with Crippen LogP contribution in [-0.2, 0) is 10.2 Å². The van der Waals surface area contributed by atoms with Crippen LogP contribution in [0.25, 0.3) is 16.6 Å². The Morgan fingerprint density at radius 1 is 1.03 bits per heavy atom. The summed E-state index contributed by atoms with van der Waals surface area (Å²) in [7, 11) is 0. The molecule has 0 radical (unpaired) electrons. The van der Waals surface area contributed by atoms with Gasteiger partial charge < -0.3 is 4.79 Å². The van der Waals surface area contributed by atoms with Crippen LogP contribution in [0.3, 0.4) is 0 Å². The molecule has 0 saturated heterocycles. The first-order valence-corrected chi connectivity index (χ1v) is 12.7. The Kier molecular flexibility index (Phi) is 6.13. The second kappa shape index (κ2) is 9.06. The van der Waals surface area contributed by atoms with Crippen LogP contribution in [0, 0.1) is 5.92 Å². The minimum atomic E-state index is -0.243. The molecule has 0 amide bonds. The Balaban J connectivity index is 1.64. The molecule has 2 fully saturated rings. The molecule has 5 heteroatoms. The number of rotatable bonds is 4. The number of aromatic nitrogens is 2. The van der Waals surface area contributed by atoms with Gasteiger partial charge in [-0.05, 0) is 67.9 Å². The molecule has 2 unspecified atom stereocenters. The highest BCUT2D eigenvalue weighted by Crippen LogP contribution is 2.40. The van der Waals surface area contributed by atoms with Crippen molar-refractivity contribution in [3.63, 3.8) is 0 Å². The van der Waals surface area contributed by atoms with Gasteiger partial charge in [0.2, 0.25) is 0 Å². The van der Waals surface area contributed by atoms with Gasteiger partial charge in [0.15, 0.2) is 0 Å². The van der Waals surface area contributed by atoms with E-state index in [-0.39, 0.29) is 16.9 Å². The number of carbonyl (C=O) groups excluding carboxylic acids is 1. The van der Waals surface area contributed by atoms with Crippen molar-refractivity contribution in [2.24, 2.45) is 5.92 Å². The summed E-state index contributed by atoms with van der Waals surface area (Å²) in [5.74, 6) is 1.45. The summed E-state index contributed by atoms with van der Waals surface area (Å²) in [6.45, 7) is 2.25. The Bertz CT molecular complexity index is 1230. The van der Waals surface area contributed by atoms with E-state index < -0.39 is 0 Å². The largest absolute Gasteiger partial charge is 0.303 e. The molecule has 2 atom stereocenters. The van der Waals surface area contributed by atoms with E-state index >= 15 is 0 Å². The second-order valence-corrected chi connectivity index (χ2v) is 10.6. The van der Waals surface area contributed by atoms with Crippen molar-refractivity contribution in [2.75, 3.05) is 0 Å². The highest BCUT2D eigenvalue weighted by atomic mass is 35.5. The first-order chi connectivity index (χ1) is 16.0. The zero-order valence-electron chi connectivity index (χ0n) is 19.2. The van der Waals surface area contributed by atoms with Crippen LogP contribution in [0.1, 0.15) is 82.0 Å². The van der Waals surface area contributed by atoms with Gasteiger partial charge in [-0.25, -0.2) is 0 Å². The van der Waals surface area contributed by atoms with Gasteiger partial charge in [-0.1, -0.05) is 62.4 Å². The predicted molar refractivity (Wildman–Crippen MR) is 134 cm³/mol. The number of nitrogens with zero attached hydrogens (tertiary/aromatic N) is 2. The zero-order chi connectivity index (χ0) is 23.0. The zero-order valence-corrected chi connectivity index (χ0v) is 20.0. The smallest absolute Gasteiger partial charge is 0.282 e. The average molecular weight is 463 g/mol. The van der Waals surface area contributed by atoms with Crippen molar-refractivity contribution in [2.45, 2.75) is 76.0 Å². The van der Waals surface area contributed by atoms with Crippen LogP contribution in [-0.4, -0.2) is 15.8 Å². The third-order valence-corrected chi connectivity index (χ3v) is 8.21. The quantitative estimate of drug-likeness (QED) is 0.403. The number of carbonyl (C=O) groups is 1. The minimum absolute atomic E-state index is 0.146. The number of fused-ring (bicyclic) bond motifs is 1. The summed E-state index contributed by atoms with van der Waals surface area (Å²) in [4.78, 5) is 29.0. The molecule has 3 aromatic rings. The molecule has 5 rings (SSSR count). The summed E-state index contributed by atoms with van der Waals surface area (Å²) in [6, 6.07) is 14.3. The predicted octanol–water partition coefficient (Wildman–Crippen LogP) is 6.73. The highest BCUT2D eigenvalue weighted by molar-refractivity contribution is 6.35. The lowest BCUT2D eigenvalue weighted by atomic mass is 9.74. The van der Waals surface area contributed by atoms with E-state index in [1.165, 1.54) is 12.0 Å². The number of benzene rings is 2. The summed E-state index contributed by atoms with van der Waals surface area (Å²) >= 11 is 6.47. The van der Waals surface area contributed by atoms with Crippen LogP contribution in [0.2, 0.25) is 5.02 Å². The lowest BCUT2D eigenvalue weighted by molar-refractivity contribution is -0.112. The van der Waals surface area contributed by atoms with Crippen molar-refractivity contribution in [1.29, 1.82) is 0 Å². The molecule has 2 aromatic carbocycles. The van der Waals surface area contributed by atoms with E-state index in [1.54, 1.807) is 6.07 Å². The molecule has 2 aliphatic carbocycles. The first-order valence-electron chi connectivity index (χ1n) is 12.3. The van der Waals surface area contributed by atoms with Gasteiger partial charge in [-0.3, -0.25) is 9.36 Å². The van der Waals surface area contributed by atoms with Crippen molar-refractivity contribution in [3.8, 4) is 5.69 Å². The molecule has 1 heterocycles. The third kappa shape index (κ3) is 4.14. The van der Waals surface area contributed by atoms with E-state index in [9.17, 15) is 9.59 Å². The minimum Gasteiger partial charge on any atom is -0.303 e. The Hall–Kier alpha value is -2.46. The van der Waals surface area contributed by atoms with Crippen LogP contribution in [0.5, 0.6) is 0 Å². The number of hydrogen-bond acceptors (Lipinski definition) is 3. The van der Waals surface area contributed by atoms with E-state index in [2.05, 4.69) is 40.7 Å². The fourth-order valence-electron chi connectivity index (χ4n) is 6.00. The van der Waals surface area contributed by atoms with Gasteiger partial charge in [0.1, 0.15) is 12.1 Å². The van der Waals surface area contributed by atoms with Crippen molar-refractivity contribution in [1.82, 2.24) is 9.55 Å². The standard InChI is InChI=1S/C28H31ClN2O2/c1-28(15-3-2-4-16-28)27-30-26(33)25-23(29)9-6-10-24(25)31(27)22-13-11-20(12-14-22)21-8-5-7-19(17-21)18-32/h6,9-14,18-19,21H,2-5,7-8,15-17H2,1H3. The molecule has 0 bridgehead atoms. The normalized spacial score (nSPS) is 22.8. The van der Waals surface area contributed by atoms with Gasteiger partial charge in [0.05, 0.1) is 15.9 Å². The van der Waals surface area contributed by atoms with E-state index in [1.807, 2.05) is 12.1 Å². The summed E-state index contributed by atoms with van der Waals surface area (Å²) in [5.41, 5.74) is 2.71. The van der Waals surface area contributed by atoms with Gasteiger partial charge in [-0.2, -0.15) is 4.98 Å². The number of halogens is 1. The maximum absolute atomic E-state index is 13.1. The molecule has 2 aliphatic rings. The van der Waals surface area contributed by atoms with Gasteiger partial charge in [0.25, 0.3) is 5.56 Å². The molecule has 0 spiro atoms. The number of aldehydes is 1. The van der Waals surface area contributed by atoms with Gasteiger partial charge in [-0.15, -0.1) is 0 Å². The Labute approximate surface area is 200 Å². The lowest BCUT2D eigenvalue weighted by Crippen LogP contribution is -2.33. The number of hydrogen-bond donors (Lipinski definition) is 0. The van der Waals surface area contributed by atoms with Gasteiger partial charge in [0, 0.05) is 17.0 Å². The molecule has 172 valence electrons. The monoisotopic (exact) mass is 462 g/mol. The van der Waals surface area contributed by atoms with Crippen molar-refractivity contribution >= 4 is 28.8 Å². The third-order valence-electron chi connectivity index (χ3n) is 7.89. The van der Waals surface area contributed by atoms with Crippen molar-refractivity contribution < 1.29 is 4.79 Å². The lowest BCUT2D eigenvalue weighted by Gasteiger charge is -2.35. The molecular weight excluding hydrogens is 432 g/mol. The summed E-state index contributed by atoms with van der Waals surface area (Å²) in [5, 5.41) is 0.922.